The molecule has 0 amide bonds. The van der Waals surface area contributed by atoms with Gasteiger partial charge >= 0.3 is 0 Å². The van der Waals surface area contributed by atoms with Crippen LogP contribution in [-0.2, 0) is 6.54 Å². The monoisotopic (exact) mass is 319 g/mol. The van der Waals surface area contributed by atoms with E-state index in [0.29, 0.717) is 0 Å². The predicted molar refractivity (Wildman–Crippen MR) is 82.0 cm³/mol. The number of benzene rings is 1. The maximum absolute atomic E-state index is 4.64. The quantitative estimate of drug-likeness (QED) is 0.935. The van der Waals surface area contributed by atoms with Gasteiger partial charge in [-0.3, -0.25) is 0 Å². The van der Waals surface area contributed by atoms with Gasteiger partial charge in [-0.15, -0.1) is 0 Å². The molecule has 0 bridgehead atoms. The average Bonchev–Trinajstić information content (AvgIpc) is 2.35. The third kappa shape index (κ3) is 3.61. The zero-order valence-electron chi connectivity index (χ0n) is 11.5. The summed E-state index contributed by atoms with van der Waals surface area (Å²) in [5.41, 5.74) is 4.30. The van der Waals surface area contributed by atoms with Crippen molar-refractivity contribution in [2.75, 3.05) is 6.54 Å². The Labute approximate surface area is 122 Å². The fourth-order valence-corrected chi connectivity index (χ4v) is 2.45. The van der Waals surface area contributed by atoms with Crippen LogP contribution in [0.5, 0.6) is 0 Å². The molecular weight excluding hydrogens is 302 g/mol. The van der Waals surface area contributed by atoms with E-state index in [1.165, 1.54) is 5.56 Å². The second-order valence-electron chi connectivity index (χ2n) is 4.56. The molecule has 0 saturated carbocycles. The lowest BCUT2D eigenvalue weighted by atomic mass is 10.1. The van der Waals surface area contributed by atoms with Gasteiger partial charge in [-0.1, -0.05) is 22.9 Å². The lowest BCUT2D eigenvalue weighted by Crippen LogP contribution is -2.13. The van der Waals surface area contributed by atoms with Crippen LogP contribution in [0.15, 0.2) is 28.7 Å². The van der Waals surface area contributed by atoms with Crippen molar-refractivity contribution < 1.29 is 0 Å². The number of hydrogen-bond acceptors (Lipinski definition) is 3. The highest BCUT2D eigenvalue weighted by Gasteiger charge is 2.08. The summed E-state index contributed by atoms with van der Waals surface area (Å²) in [7, 11) is 0. The number of aryl methyl sites for hydroxylation is 2. The van der Waals surface area contributed by atoms with Crippen LogP contribution in [0.25, 0.3) is 11.4 Å². The highest BCUT2D eigenvalue weighted by atomic mass is 79.9. The van der Waals surface area contributed by atoms with Gasteiger partial charge in [0.15, 0.2) is 5.82 Å². The molecule has 0 radical (unpaired) electrons. The highest BCUT2D eigenvalue weighted by Crippen LogP contribution is 2.23. The molecular formula is C15H18BrN3. The molecule has 0 fully saturated rings. The maximum atomic E-state index is 4.64. The summed E-state index contributed by atoms with van der Waals surface area (Å²) in [5, 5.41) is 3.30. The Morgan fingerprint density at radius 1 is 1.16 bits per heavy atom. The maximum Gasteiger partial charge on any atom is 0.159 e. The fraction of sp³-hybridized carbons (Fsp3) is 0.333. The Hall–Kier alpha value is -1.26. The van der Waals surface area contributed by atoms with E-state index in [0.717, 1.165) is 40.3 Å². The lowest BCUT2D eigenvalue weighted by molar-refractivity contribution is 0.708. The number of aromatic nitrogens is 2. The van der Waals surface area contributed by atoms with E-state index >= 15 is 0 Å². The van der Waals surface area contributed by atoms with Gasteiger partial charge in [0, 0.05) is 22.3 Å². The molecule has 0 saturated heterocycles. The molecule has 2 aromatic rings. The number of rotatable bonds is 4. The molecule has 19 heavy (non-hydrogen) atoms. The molecule has 0 unspecified atom stereocenters. The van der Waals surface area contributed by atoms with Gasteiger partial charge in [-0.25, -0.2) is 9.97 Å². The van der Waals surface area contributed by atoms with Crippen LogP contribution in [0, 0.1) is 13.8 Å². The first-order valence-corrected chi connectivity index (χ1v) is 7.21. The van der Waals surface area contributed by atoms with E-state index < -0.39 is 0 Å². The van der Waals surface area contributed by atoms with Crippen molar-refractivity contribution >= 4 is 15.9 Å². The Bertz CT molecular complexity index is 582. The van der Waals surface area contributed by atoms with Crippen molar-refractivity contribution in [2.45, 2.75) is 27.3 Å². The molecule has 0 aliphatic rings. The van der Waals surface area contributed by atoms with E-state index in [1.807, 2.05) is 19.1 Å². The third-order valence-electron chi connectivity index (χ3n) is 2.89. The molecule has 1 aromatic heterocycles. The molecule has 1 aromatic carbocycles. The van der Waals surface area contributed by atoms with Crippen molar-refractivity contribution in [3.63, 3.8) is 0 Å². The van der Waals surface area contributed by atoms with Crippen LogP contribution in [0.1, 0.15) is 23.9 Å². The second-order valence-corrected chi connectivity index (χ2v) is 5.48. The van der Waals surface area contributed by atoms with Crippen molar-refractivity contribution in [3.05, 3.63) is 45.7 Å². The Kier molecular flexibility index (Phi) is 4.66. The topological polar surface area (TPSA) is 37.8 Å². The van der Waals surface area contributed by atoms with Crippen molar-refractivity contribution in [1.29, 1.82) is 0 Å². The minimum Gasteiger partial charge on any atom is -0.311 e. The van der Waals surface area contributed by atoms with Crippen LogP contribution in [0.3, 0.4) is 0 Å². The van der Waals surface area contributed by atoms with Gasteiger partial charge in [0.1, 0.15) is 0 Å². The molecule has 2 rings (SSSR count). The number of nitrogens with one attached hydrogen (secondary N) is 1. The summed E-state index contributed by atoms with van der Waals surface area (Å²) in [4.78, 5) is 9.19. The van der Waals surface area contributed by atoms with Gasteiger partial charge < -0.3 is 5.32 Å². The number of hydrogen-bond donors (Lipinski definition) is 1. The Morgan fingerprint density at radius 2 is 1.95 bits per heavy atom. The third-order valence-corrected chi connectivity index (χ3v) is 3.39. The minimum atomic E-state index is 0.780. The van der Waals surface area contributed by atoms with Gasteiger partial charge in [0.2, 0.25) is 0 Å². The zero-order valence-corrected chi connectivity index (χ0v) is 13.1. The molecule has 0 aliphatic carbocycles. The first-order valence-electron chi connectivity index (χ1n) is 6.42. The number of halogens is 1. The van der Waals surface area contributed by atoms with Crippen LogP contribution in [-0.4, -0.2) is 16.5 Å². The zero-order chi connectivity index (χ0) is 13.8. The van der Waals surface area contributed by atoms with Gasteiger partial charge in [0.25, 0.3) is 0 Å². The summed E-state index contributed by atoms with van der Waals surface area (Å²) in [6, 6.07) is 8.20. The molecule has 0 aliphatic heterocycles. The predicted octanol–water partition coefficient (Wildman–Crippen LogP) is 3.63. The fourth-order valence-electron chi connectivity index (χ4n) is 1.98. The van der Waals surface area contributed by atoms with E-state index in [4.69, 9.17) is 0 Å². The Morgan fingerprint density at radius 3 is 2.63 bits per heavy atom. The molecule has 1 N–H and O–H groups in total. The van der Waals surface area contributed by atoms with E-state index in [9.17, 15) is 0 Å². The Balaban J connectivity index is 2.41. The SMILES string of the molecule is CCNCc1cc(C)nc(-c2ccc(Br)cc2C)n1. The summed E-state index contributed by atoms with van der Waals surface area (Å²) in [6.07, 6.45) is 0. The summed E-state index contributed by atoms with van der Waals surface area (Å²) in [6.45, 7) is 7.90. The molecule has 100 valence electrons. The average molecular weight is 320 g/mol. The normalized spacial score (nSPS) is 10.7. The lowest BCUT2D eigenvalue weighted by Gasteiger charge is -2.09. The van der Waals surface area contributed by atoms with Crippen LogP contribution < -0.4 is 5.32 Å². The van der Waals surface area contributed by atoms with E-state index in [-0.39, 0.29) is 0 Å². The smallest absolute Gasteiger partial charge is 0.159 e. The first-order chi connectivity index (χ1) is 9.10. The van der Waals surface area contributed by atoms with E-state index in [1.54, 1.807) is 0 Å². The van der Waals surface area contributed by atoms with Crippen molar-refractivity contribution in [2.24, 2.45) is 0 Å². The minimum absolute atomic E-state index is 0.780. The molecule has 0 spiro atoms. The van der Waals surface area contributed by atoms with Gasteiger partial charge in [-0.05, 0) is 50.2 Å². The van der Waals surface area contributed by atoms with E-state index in [2.05, 4.69) is 57.2 Å². The standard InChI is InChI=1S/C15H18BrN3/c1-4-17-9-13-8-11(3)18-15(19-13)14-6-5-12(16)7-10(14)2/h5-8,17H,4,9H2,1-3H3. The molecule has 0 atom stereocenters. The van der Waals surface area contributed by atoms with Crippen LogP contribution >= 0.6 is 15.9 Å². The van der Waals surface area contributed by atoms with Crippen LogP contribution in [0.2, 0.25) is 0 Å². The second kappa shape index (κ2) is 6.26. The van der Waals surface area contributed by atoms with Crippen LogP contribution in [0.4, 0.5) is 0 Å². The van der Waals surface area contributed by atoms with Crippen molar-refractivity contribution in [1.82, 2.24) is 15.3 Å². The van der Waals surface area contributed by atoms with Gasteiger partial charge in [0.05, 0.1) is 5.69 Å². The summed E-state index contributed by atoms with van der Waals surface area (Å²) in [5.74, 6) is 0.804. The van der Waals surface area contributed by atoms with Gasteiger partial charge in [-0.2, -0.15) is 0 Å². The summed E-state index contributed by atoms with van der Waals surface area (Å²) >= 11 is 3.48. The van der Waals surface area contributed by atoms with Crippen molar-refractivity contribution in [3.8, 4) is 11.4 Å². The largest absolute Gasteiger partial charge is 0.311 e. The molecule has 1 heterocycles. The molecule has 4 heteroatoms. The number of nitrogens with zero attached hydrogens (tertiary/aromatic N) is 2. The highest BCUT2D eigenvalue weighted by molar-refractivity contribution is 9.10. The molecule has 3 nitrogen and oxygen atoms in total. The summed E-state index contributed by atoms with van der Waals surface area (Å²) < 4.78 is 1.08. The first kappa shape index (κ1) is 14.2.